The molecule has 0 saturated carbocycles. The van der Waals surface area contributed by atoms with Crippen LogP contribution in [0.25, 0.3) is 0 Å². The molecule has 0 atom stereocenters. The SMILES string of the molecule is CCCCCCNc1nc(Cl)nc(NCCN2CCOCC2)n1. The van der Waals surface area contributed by atoms with E-state index in [1.165, 1.54) is 19.3 Å². The molecule has 23 heavy (non-hydrogen) atoms. The summed E-state index contributed by atoms with van der Waals surface area (Å²) in [6, 6.07) is 0. The Balaban J connectivity index is 1.72. The van der Waals surface area contributed by atoms with E-state index in [-0.39, 0.29) is 5.28 Å². The molecule has 2 rings (SSSR count). The third-order valence-electron chi connectivity index (χ3n) is 3.74. The topological polar surface area (TPSA) is 75.2 Å². The van der Waals surface area contributed by atoms with Gasteiger partial charge >= 0.3 is 0 Å². The van der Waals surface area contributed by atoms with E-state index in [9.17, 15) is 0 Å². The highest BCUT2D eigenvalue weighted by atomic mass is 35.5. The average molecular weight is 343 g/mol. The first-order chi connectivity index (χ1) is 11.3. The molecule has 0 bridgehead atoms. The van der Waals surface area contributed by atoms with Crippen molar-refractivity contribution in [1.82, 2.24) is 19.9 Å². The molecule has 1 aromatic rings. The molecule has 0 aliphatic carbocycles. The zero-order valence-electron chi connectivity index (χ0n) is 13.9. The van der Waals surface area contributed by atoms with Crippen LogP contribution in [0.1, 0.15) is 32.6 Å². The van der Waals surface area contributed by atoms with Gasteiger partial charge in [0.25, 0.3) is 0 Å². The van der Waals surface area contributed by atoms with Crippen molar-refractivity contribution in [2.24, 2.45) is 0 Å². The molecule has 2 N–H and O–H groups in total. The minimum absolute atomic E-state index is 0.213. The summed E-state index contributed by atoms with van der Waals surface area (Å²) in [5.41, 5.74) is 0. The van der Waals surface area contributed by atoms with Crippen LogP contribution in [0.5, 0.6) is 0 Å². The molecule has 0 radical (unpaired) electrons. The van der Waals surface area contributed by atoms with Crippen LogP contribution in [0.15, 0.2) is 0 Å². The van der Waals surface area contributed by atoms with Gasteiger partial charge in [-0.15, -0.1) is 0 Å². The number of hydrogen-bond donors (Lipinski definition) is 2. The van der Waals surface area contributed by atoms with Crippen molar-refractivity contribution >= 4 is 23.5 Å². The first-order valence-corrected chi connectivity index (χ1v) is 8.85. The van der Waals surface area contributed by atoms with Gasteiger partial charge in [0.2, 0.25) is 17.2 Å². The summed E-state index contributed by atoms with van der Waals surface area (Å²) >= 11 is 5.97. The summed E-state index contributed by atoms with van der Waals surface area (Å²) in [5, 5.41) is 6.64. The summed E-state index contributed by atoms with van der Waals surface area (Å²) < 4.78 is 5.34. The summed E-state index contributed by atoms with van der Waals surface area (Å²) in [7, 11) is 0. The lowest BCUT2D eigenvalue weighted by Crippen LogP contribution is -2.39. The summed E-state index contributed by atoms with van der Waals surface area (Å²) in [6.07, 6.45) is 4.81. The number of morpholine rings is 1. The Kier molecular flexibility index (Phi) is 8.35. The van der Waals surface area contributed by atoms with Gasteiger partial charge < -0.3 is 15.4 Å². The number of aromatic nitrogens is 3. The summed E-state index contributed by atoms with van der Waals surface area (Å²) in [4.78, 5) is 15.0. The highest BCUT2D eigenvalue weighted by Gasteiger charge is 2.10. The molecule has 0 unspecified atom stereocenters. The van der Waals surface area contributed by atoms with Crippen LogP contribution in [0.4, 0.5) is 11.9 Å². The summed E-state index contributed by atoms with van der Waals surface area (Å²) in [6.45, 7) is 8.34. The number of nitrogens with one attached hydrogen (secondary N) is 2. The van der Waals surface area contributed by atoms with Crippen LogP contribution in [0.3, 0.4) is 0 Å². The van der Waals surface area contributed by atoms with Gasteiger partial charge in [0.15, 0.2) is 0 Å². The van der Waals surface area contributed by atoms with E-state index in [1.54, 1.807) is 0 Å². The van der Waals surface area contributed by atoms with Crippen molar-refractivity contribution in [3.8, 4) is 0 Å². The number of halogens is 1. The van der Waals surface area contributed by atoms with Crippen LogP contribution in [-0.2, 0) is 4.74 Å². The third-order valence-corrected chi connectivity index (χ3v) is 3.91. The zero-order valence-corrected chi connectivity index (χ0v) is 14.6. The van der Waals surface area contributed by atoms with Gasteiger partial charge in [0.1, 0.15) is 0 Å². The van der Waals surface area contributed by atoms with E-state index < -0.39 is 0 Å². The van der Waals surface area contributed by atoms with E-state index in [0.717, 1.165) is 52.4 Å². The maximum absolute atomic E-state index is 5.97. The van der Waals surface area contributed by atoms with Gasteiger partial charge in [-0.05, 0) is 18.0 Å². The molecular weight excluding hydrogens is 316 g/mol. The van der Waals surface area contributed by atoms with Crippen molar-refractivity contribution in [3.05, 3.63) is 5.28 Å². The van der Waals surface area contributed by atoms with Crippen LogP contribution in [0, 0.1) is 0 Å². The fraction of sp³-hybridized carbons (Fsp3) is 0.800. The molecule has 8 heteroatoms. The average Bonchev–Trinajstić information content (AvgIpc) is 2.55. The normalized spacial score (nSPS) is 15.6. The summed E-state index contributed by atoms with van der Waals surface area (Å²) in [5.74, 6) is 1.06. The number of rotatable bonds is 10. The number of ether oxygens (including phenoxy) is 1. The molecule has 0 amide bonds. The quantitative estimate of drug-likeness (QED) is 0.632. The lowest BCUT2D eigenvalue weighted by Gasteiger charge is -2.26. The second-order valence-corrected chi connectivity index (χ2v) is 5.96. The highest BCUT2D eigenvalue weighted by molar-refractivity contribution is 6.28. The third kappa shape index (κ3) is 7.28. The minimum atomic E-state index is 0.213. The molecule has 1 fully saturated rings. The van der Waals surface area contributed by atoms with Crippen LogP contribution >= 0.6 is 11.6 Å². The lowest BCUT2D eigenvalue weighted by molar-refractivity contribution is 0.0398. The van der Waals surface area contributed by atoms with Crippen molar-refractivity contribution in [2.75, 3.05) is 56.6 Å². The van der Waals surface area contributed by atoms with E-state index >= 15 is 0 Å². The van der Waals surface area contributed by atoms with E-state index in [4.69, 9.17) is 16.3 Å². The second-order valence-electron chi connectivity index (χ2n) is 5.62. The number of nitrogens with zero attached hydrogens (tertiary/aromatic N) is 4. The van der Waals surface area contributed by atoms with E-state index in [2.05, 4.69) is 37.4 Å². The molecule has 0 aromatic carbocycles. The number of unbranched alkanes of at least 4 members (excludes halogenated alkanes) is 3. The van der Waals surface area contributed by atoms with E-state index in [1.807, 2.05) is 0 Å². The van der Waals surface area contributed by atoms with Gasteiger partial charge in [-0.2, -0.15) is 15.0 Å². The monoisotopic (exact) mass is 342 g/mol. The molecule has 1 saturated heterocycles. The maximum atomic E-state index is 5.97. The van der Waals surface area contributed by atoms with Gasteiger partial charge in [-0.25, -0.2) is 0 Å². The largest absolute Gasteiger partial charge is 0.379 e. The maximum Gasteiger partial charge on any atom is 0.228 e. The smallest absolute Gasteiger partial charge is 0.228 e. The molecule has 1 aliphatic heterocycles. The molecule has 7 nitrogen and oxygen atoms in total. The van der Waals surface area contributed by atoms with Crippen molar-refractivity contribution in [2.45, 2.75) is 32.6 Å². The molecule has 1 aromatic heterocycles. The van der Waals surface area contributed by atoms with Crippen molar-refractivity contribution in [3.63, 3.8) is 0 Å². The number of anilines is 2. The standard InChI is InChI=1S/C15H27ClN6O/c1-2-3-4-5-6-17-14-19-13(16)20-15(21-14)18-7-8-22-9-11-23-12-10-22/h2-12H2,1H3,(H2,17,18,19,20,21). The molecule has 0 spiro atoms. The lowest BCUT2D eigenvalue weighted by atomic mass is 10.2. The molecular formula is C15H27ClN6O. The predicted molar refractivity (Wildman–Crippen MR) is 93.2 cm³/mol. The van der Waals surface area contributed by atoms with Crippen LogP contribution < -0.4 is 10.6 Å². The van der Waals surface area contributed by atoms with Crippen LogP contribution in [0.2, 0.25) is 5.28 Å². The Morgan fingerprint density at radius 1 is 1.00 bits per heavy atom. The Bertz CT molecular complexity index is 456. The molecule has 130 valence electrons. The fourth-order valence-corrected chi connectivity index (χ4v) is 2.57. The van der Waals surface area contributed by atoms with Crippen molar-refractivity contribution in [1.29, 1.82) is 0 Å². The van der Waals surface area contributed by atoms with Gasteiger partial charge in [-0.1, -0.05) is 26.2 Å². The van der Waals surface area contributed by atoms with Gasteiger partial charge in [-0.3, -0.25) is 4.90 Å². The first kappa shape index (κ1) is 18.2. The molecule has 1 aliphatic rings. The predicted octanol–water partition coefficient (Wildman–Crippen LogP) is 2.26. The Labute approximate surface area is 143 Å². The van der Waals surface area contributed by atoms with Gasteiger partial charge in [0.05, 0.1) is 13.2 Å². The zero-order chi connectivity index (χ0) is 16.3. The first-order valence-electron chi connectivity index (χ1n) is 8.47. The van der Waals surface area contributed by atoms with Gasteiger partial charge in [0, 0.05) is 32.7 Å². The number of hydrogen-bond acceptors (Lipinski definition) is 7. The Morgan fingerprint density at radius 3 is 2.39 bits per heavy atom. The Morgan fingerprint density at radius 2 is 1.70 bits per heavy atom. The second kappa shape index (κ2) is 10.6. The fourth-order valence-electron chi connectivity index (χ4n) is 2.41. The minimum Gasteiger partial charge on any atom is -0.379 e. The molecule has 2 heterocycles. The van der Waals surface area contributed by atoms with Crippen molar-refractivity contribution < 1.29 is 4.74 Å². The highest BCUT2D eigenvalue weighted by Crippen LogP contribution is 2.10. The van der Waals surface area contributed by atoms with Crippen LogP contribution in [-0.4, -0.2) is 65.8 Å². The Hall–Kier alpha value is -1.18. The van der Waals surface area contributed by atoms with E-state index in [0.29, 0.717) is 11.9 Å².